The van der Waals surface area contributed by atoms with Crippen molar-refractivity contribution in [1.82, 2.24) is 0 Å². The second-order valence-corrected chi connectivity index (χ2v) is 7.81. The average Bonchev–Trinajstić information content (AvgIpc) is 2.79. The normalized spacial score (nSPS) is 15.3. The Morgan fingerprint density at radius 3 is 2.59 bits per heavy atom. The van der Waals surface area contributed by atoms with Crippen molar-refractivity contribution in [1.29, 1.82) is 5.26 Å². The highest BCUT2D eigenvalue weighted by Crippen LogP contribution is 2.42. The maximum atomic E-state index is 12.8. The Balaban J connectivity index is 1.90. The smallest absolute Gasteiger partial charge is 0.338 e. The predicted molar refractivity (Wildman–Crippen MR) is 126 cm³/mol. The van der Waals surface area contributed by atoms with E-state index in [0.717, 1.165) is 11.1 Å². The van der Waals surface area contributed by atoms with Gasteiger partial charge in [-0.05, 0) is 45.4 Å². The van der Waals surface area contributed by atoms with E-state index in [4.69, 9.17) is 19.9 Å². The van der Waals surface area contributed by atoms with Gasteiger partial charge in [0, 0.05) is 11.3 Å². The van der Waals surface area contributed by atoms with Crippen LogP contribution in [0.2, 0.25) is 0 Å². The molecule has 0 radical (unpaired) electrons. The lowest BCUT2D eigenvalue weighted by Crippen LogP contribution is -2.26. The van der Waals surface area contributed by atoms with Crippen molar-refractivity contribution in [2.45, 2.75) is 33.6 Å². The number of carbonyl (C=O) groups excluding carboxylic acids is 2. The zero-order chi connectivity index (χ0) is 24.8. The highest BCUT2D eigenvalue weighted by molar-refractivity contribution is 5.93. The topological polar surface area (TPSA) is 124 Å². The molecule has 0 aliphatic carbocycles. The van der Waals surface area contributed by atoms with E-state index in [1.807, 2.05) is 38.1 Å². The number of allylic oxidation sites excluding steroid dienone is 2. The van der Waals surface area contributed by atoms with Crippen LogP contribution in [0.3, 0.4) is 0 Å². The molecule has 3 rings (SSSR count). The van der Waals surface area contributed by atoms with E-state index in [2.05, 4.69) is 5.32 Å². The van der Waals surface area contributed by atoms with Crippen LogP contribution in [0.15, 0.2) is 65.3 Å². The first kappa shape index (κ1) is 24.4. The Labute approximate surface area is 198 Å². The van der Waals surface area contributed by atoms with Gasteiger partial charge in [0.2, 0.25) is 5.88 Å². The molecule has 1 heterocycles. The molecule has 1 aliphatic heterocycles. The Bertz CT molecular complexity index is 1220. The molecule has 8 heteroatoms. The number of carbonyl (C=O) groups is 2. The highest BCUT2D eigenvalue weighted by Gasteiger charge is 2.37. The molecule has 34 heavy (non-hydrogen) atoms. The standard InChI is InChI=1S/C26H27N3O5/c1-5-32-26(31)23-17(4)34-25(28)19(13-27)24(23)18-8-6-7-9-21(18)33-14-22(30)29-20-11-10-15(2)12-16(20)3/h6-12,24H,5,14,28H2,1-4H3,(H,29,30). The van der Waals surface area contributed by atoms with Crippen LogP contribution in [-0.4, -0.2) is 25.1 Å². The molecule has 176 valence electrons. The molecule has 2 aromatic rings. The summed E-state index contributed by atoms with van der Waals surface area (Å²) in [6.45, 7) is 7.04. The number of rotatable bonds is 7. The van der Waals surface area contributed by atoms with E-state index in [9.17, 15) is 14.9 Å². The van der Waals surface area contributed by atoms with Gasteiger partial charge in [0.1, 0.15) is 23.2 Å². The molecule has 0 aromatic heterocycles. The van der Waals surface area contributed by atoms with Gasteiger partial charge in [0.25, 0.3) is 5.91 Å². The third kappa shape index (κ3) is 5.21. The second-order valence-electron chi connectivity index (χ2n) is 7.81. The van der Waals surface area contributed by atoms with Crippen molar-refractivity contribution in [3.05, 3.63) is 81.9 Å². The number of esters is 1. The Morgan fingerprint density at radius 2 is 1.91 bits per heavy atom. The minimum atomic E-state index is -0.864. The number of amides is 1. The molecule has 1 atom stereocenters. The van der Waals surface area contributed by atoms with Crippen molar-refractivity contribution in [3.63, 3.8) is 0 Å². The molecule has 0 spiro atoms. The number of anilines is 1. The first-order chi connectivity index (χ1) is 16.3. The zero-order valence-electron chi connectivity index (χ0n) is 19.6. The van der Waals surface area contributed by atoms with Gasteiger partial charge in [-0.25, -0.2) is 4.79 Å². The van der Waals surface area contributed by atoms with Crippen molar-refractivity contribution in [2.75, 3.05) is 18.5 Å². The van der Waals surface area contributed by atoms with Gasteiger partial charge in [-0.15, -0.1) is 0 Å². The quantitative estimate of drug-likeness (QED) is 0.598. The molecule has 0 bridgehead atoms. The molecule has 0 saturated carbocycles. The van der Waals surface area contributed by atoms with Gasteiger partial charge < -0.3 is 25.3 Å². The van der Waals surface area contributed by atoms with E-state index in [-0.39, 0.29) is 41.9 Å². The van der Waals surface area contributed by atoms with E-state index in [1.54, 1.807) is 38.1 Å². The summed E-state index contributed by atoms with van der Waals surface area (Å²) in [5.41, 5.74) is 9.41. The Kier molecular flexibility index (Phi) is 7.59. The van der Waals surface area contributed by atoms with Crippen LogP contribution in [0.4, 0.5) is 5.69 Å². The fourth-order valence-corrected chi connectivity index (χ4v) is 3.80. The van der Waals surface area contributed by atoms with Crippen LogP contribution in [-0.2, 0) is 19.1 Å². The minimum absolute atomic E-state index is 0.0597. The number of nitrogens with two attached hydrogens (primary N) is 1. The minimum Gasteiger partial charge on any atom is -0.483 e. The van der Waals surface area contributed by atoms with E-state index >= 15 is 0 Å². The van der Waals surface area contributed by atoms with Gasteiger partial charge in [-0.1, -0.05) is 35.9 Å². The number of aryl methyl sites for hydroxylation is 2. The zero-order valence-corrected chi connectivity index (χ0v) is 19.6. The third-order valence-electron chi connectivity index (χ3n) is 5.35. The summed E-state index contributed by atoms with van der Waals surface area (Å²) in [5, 5.41) is 12.6. The van der Waals surface area contributed by atoms with Gasteiger partial charge in [0.05, 0.1) is 18.1 Å². The fourth-order valence-electron chi connectivity index (χ4n) is 3.80. The van der Waals surface area contributed by atoms with Crippen LogP contribution in [0.1, 0.15) is 36.5 Å². The highest BCUT2D eigenvalue weighted by atomic mass is 16.5. The maximum Gasteiger partial charge on any atom is 0.338 e. The molecule has 0 saturated heterocycles. The third-order valence-corrected chi connectivity index (χ3v) is 5.35. The molecule has 0 fully saturated rings. The number of nitrogens with zero attached hydrogens (tertiary/aromatic N) is 1. The number of nitriles is 1. The Morgan fingerprint density at radius 1 is 1.18 bits per heavy atom. The number of benzene rings is 2. The predicted octanol–water partition coefficient (Wildman–Crippen LogP) is 3.97. The summed E-state index contributed by atoms with van der Waals surface area (Å²) in [6.07, 6.45) is 0. The lowest BCUT2D eigenvalue weighted by Gasteiger charge is -2.28. The number of para-hydroxylation sites is 1. The van der Waals surface area contributed by atoms with Crippen molar-refractivity contribution >= 4 is 17.6 Å². The van der Waals surface area contributed by atoms with E-state index < -0.39 is 11.9 Å². The first-order valence-electron chi connectivity index (χ1n) is 10.8. The molecule has 8 nitrogen and oxygen atoms in total. The molecular weight excluding hydrogens is 434 g/mol. The summed E-state index contributed by atoms with van der Waals surface area (Å²) >= 11 is 0. The number of hydrogen-bond donors (Lipinski definition) is 2. The molecule has 1 unspecified atom stereocenters. The van der Waals surface area contributed by atoms with Crippen molar-refractivity contribution < 1.29 is 23.8 Å². The van der Waals surface area contributed by atoms with E-state index in [0.29, 0.717) is 17.0 Å². The van der Waals surface area contributed by atoms with Gasteiger partial charge in [-0.3, -0.25) is 4.79 Å². The summed E-state index contributed by atoms with van der Waals surface area (Å²) in [5.74, 6) is -1.35. The van der Waals surface area contributed by atoms with Crippen LogP contribution < -0.4 is 15.8 Å². The SMILES string of the molecule is CCOC(=O)C1=C(C)OC(N)=C(C#N)C1c1ccccc1OCC(=O)Nc1ccc(C)cc1C. The summed E-state index contributed by atoms with van der Waals surface area (Å²) in [7, 11) is 0. The molecular formula is C26H27N3O5. The van der Waals surface area contributed by atoms with Gasteiger partial charge in [-0.2, -0.15) is 5.26 Å². The van der Waals surface area contributed by atoms with Crippen LogP contribution >= 0.6 is 0 Å². The van der Waals surface area contributed by atoms with Gasteiger partial charge >= 0.3 is 5.97 Å². The Hall–Kier alpha value is -4.25. The fraction of sp³-hybridized carbons (Fsp3) is 0.269. The lowest BCUT2D eigenvalue weighted by atomic mass is 9.82. The number of nitrogens with one attached hydrogen (secondary N) is 1. The molecule has 1 amide bonds. The average molecular weight is 462 g/mol. The van der Waals surface area contributed by atoms with Crippen LogP contribution in [0, 0.1) is 25.2 Å². The molecule has 3 N–H and O–H groups in total. The summed E-state index contributed by atoms with van der Waals surface area (Å²) < 4.78 is 16.5. The van der Waals surface area contributed by atoms with E-state index in [1.165, 1.54) is 0 Å². The van der Waals surface area contributed by atoms with Crippen LogP contribution in [0.25, 0.3) is 0 Å². The lowest BCUT2D eigenvalue weighted by molar-refractivity contribution is -0.139. The monoisotopic (exact) mass is 461 g/mol. The number of ether oxygens (including phenoxy) is 3. The molecule has 1 aliphatic rings. The van der Waals surface area contributed by atoms with Crippen molar-refractivity contribution in [2.24, 2.45) is 5.73 Å². The van der Waals surface area contributed by atoms with Crippen molar-refractivity contribution in [3.8, 4) is 11.8 Å². The van der Waals surface area contributed by atoms with Crippen LogP contribution in [0.5, 0.6) is 5.75 Å². The maximum absolute atomic E-state index is 12.8. The summed E-state index contributed by atoms with van der Waals surface area (Å²) in [4.78, 5) is 25.3. The largest absolute Gasteiger partial charge is 0.483 e. The summed E-state index contributed by atoms with van der Waals surface area (Å²) in [6, 6.07) is 14.6. The first-order valence-corrected chi connectivity index (χ1v) is 10.8. The molecule has 2 aromatic carbocycles. The second kappa shape index (κ2) is 10.6. The number of hydrogen-bond acceptors (Lipinski definition) is 7. The van der Waals surface area contributed by atoms with Gasteiger partial charge in [0.15, 0.2) is 6.61 Å².